The number of carbonyl (C=O) groups excluding carboxylic acids is 1. The van der Waals surface area contributed by atoms with Crippen LogP contribution in [0.5, 0.6) is 0 Å². The molecule has 3 aromatic rings. The van der Waals surface area contributed by atoms with E-state index in [0.29, 0.717) is 18.4 Å². The molecular formula is C25H30FN5O4Si. The first kappa shape index (κ1) is 25.8. The van der Waals surface area contributed by atoms with E-state index in [4.69, 9.17) is 21.6 Å². The fourth-order valence-corrected chi connectivity index (χ4v) is 5.15. The number of carbonyl (C=O) groups is 1. The summed E-state index contributed by atoms with van der Waals surface area (Å²) in [6, 6.07) is 8.59. The molecule has 1 aliphatic heterocycles. The van der Waals surface area contributed by atoms with Gasteiger partial charge in [-0.15, -0.1) is 6.42 Å². The lowest BCUT2D eigenvalue weighted by Gasteiger charge is -2.40. The number of nitrogen functional groups attached to an aromatic ring is 1. The molecule has 0 saturated carbocycles. The number of halogens is 1. The van der Waals surface area contributed by atoms with Gasteiger partial charge in [-0.2, -0.15) is 14.4 Å². The van der Waals surface area contributed by atoms with Gasteiger partial charge in [-0.1, -0.05) is 38.0 Å². The highest BCUT2D eigenvalue weighted by Gasteiger charge is 2.53. The van der Waals surface area contributed by atoms with Crippen LogP contribution in [-0.4, -0.2) is 50.8 Å². The fraction of sp³-hybridized carbons (Fsp3) is 0.440. The number of anilines is 1. The van der Waals surface area contributed by atoms with Crippen LogP contribution in [0.1, 0.15) is 43.3 Å². The van der Waals surface area contributed by atoms with E-state index >= 15 is 0 Å². The number of esters is 1. The van der Waals surface area contributed by atoms with Crippen LogP contribution in [0.15, 0.2) is 36.7 Å². The highest BCUT2D eigenvalue weighted by atomic mass is 28.4. The van der Waals surface area contributed by atoms with E-state index in [2.05, 4.69) is 20.9 Å². The summed E-state index contributed by atoms with van der Waals surface area (Å²) < 4.78 is 27.6. The molecule has 3 heterocycles. The van der Waals surface area contributed by atoms with Gasteiger partial charge in [0, 0.05) is 5.92 Å². The molecule has 0 radical (unpaired) electrons. The zero-order valence-corrected chi connectivity index (χ0v) is 21.7. The van der Waals surface area contributed by atoms with Crippen molar-refractivity contribution in [3.63, 3.8) is 0 Å². The Bertz CT molecular complexity index is 1320. The smallest absolute Gasteiger partial charge is 0.338 e. The molecule has 0 unspecified atom stereocenters. The number of imidazole rings is 1. The monoisotopic (exact) mass is 511 g/mol. The lowest BCUT2D eigenvalue weighted by Crippen LogP contribution is -2.45. The largest absolute Gasteiger partial charge is 0.458 e. The predicted octanol–water partition coefficient (Wildman–Crippen LogP) is 3.68. The Kier molecular flexibility index (Phi) is 6.63. The van der Waals surface area contributed by atoms with Crippen LogP contribution in [0.2, 0.25) is 18.1 Å². The second-order valence-corrected chi connectivity index (χ2v) is 14.8. The Balaban J connectivity index is 1.69. The van der Waals surface area contributed by atoms with E-state index in [0.717, 1.165) is 0 Å². The number of nitrogens with two attached hydrogens (primary N) is 1. The summed E-state index contributed by atoms with van der Waals surface area (Å²) in [4.78, 5) is 35.3. The van der Waals surface area contributed by atoms with Crippen molar-refractivity contribution >= 4 is 31.3 Å². The molecule has 1 aliphatic rings. The van der Waals surface area contributed by atoms with E-state index in [-0.39, 0.29) is 29.5 Å². The summed E-state index contributed by atoms with van der Waals surface area (Å²) in [6.45, 7) is 7.55. The van der Waals surface area contributed by atoms with Crippen molar-refractivity contribution in [3.8, 4) is 12.3 Å². The summed E-state index contributed by atoms with van der Waals surface area (Å²) in [5.41, 5.74) is 5.34. The lowest BCUT2D eigenvalue weighted by atomic mass is 9.81. The highest BCUT2D eigenvalue weighted by molar-refractivity contribution is 6.72. The third-order valence-corrected chi connectivity index (χ3v) is 10.8. The molecule has 1 aromatic carbocycles. The van der Waals surface area contributed by atoms with E-state index in [1.54, 1.807) is 34.9 Å². The number of hydrogen-bond acceptors (Lipinski definition) is 8. The van der Waals surface area contributed by atoms with E-state index in [1.165, 1.54) is 6.33 Å². The first-order chi connectivity index (χ1) is 16.9. The normalized spacial score (nSPS) is 22.5. The van der Waals surface area contributed by atoms with Crippen molar-refractivity contribution in [2.24, 2.45) is 5.92 Å². The van der Waals surface area contributed by atoms with Gasteiger partial charge in [0.15, 0.2) is 30.9 Å². The molecule has 0 bridgehead atoms. The molecule has 190 valence electrons. The second kappa shape index (κ2) is 9.27. The van der Waals surface area contributed by atoms with Crippen molar-refractivity contribution in [1.29, 1.82) is 0 Å². The third-order valence-electron chi connectivity index (χ3n) is 7.31. The van der Waals surface area contributed by atoms with Crippen LogP contribution in [-0.2, 0) is 9.47 Å². The summed E-state index contributed by atoms with van der Waals surface area (Å²) >= 11 is 0. The molecule has 36 heavy (non-hydrogen) atoms. The zero-order chi connectivity index (χ0) is 26.3. The Morgan fingerprint density at radius 2 is 2.08 bits per heavy atom. The van der Waals surface area contributed by atoms with Crippen LogP contribution in [0, 0.1) is 24.3 Å². The predicted molar refractivity (Wildman–Crippen MR) is 135 cm³/mol. The average molecular weight is 512 g/mol. The maximum atomic E-state index is 14.0. The molecule has 0 spiro atoms. The van der Waals surface area contributed by atoms with Gasteiger partial charge in [-0.05, 0) is 43.1 Å². The quantitative estimate of drug-likeness (QED) is 0.213. The van der Waals surface area contributed by atoms with Crippen LogP contribution in [0.25, 0.3) is 11.2 Å². The number of ether oxygens (including phenoxy) is 2. The topological polar surface area (TPSA) is 125 Å². The maximum Gasteiger partial charge on any atom is 0.338 e. The molecule has 3 atom stereocenters. The molecule has 1 saturated heterocycles. The summed E-state index contributed by atoms with van der Waals surface area (Å²) in [7, 11) is -2.61. The molecule has 4 rings (SSSR count). The minimum Gasteiger partial charge on any atom is -0.458 e. The van der Waals surface area contributed by atoms with E-state index in [9.17, 15) is 14.0 Å². The van der Waals surface area contributed by atoms with Crippen molar-refractivity contribution in [2.75, 3.05) is 12.3 Å². The first-order valence-corrected chi connectivity index (χ1v) is 14.6. The first-order valence-electron chi connectivity index (χ1n) is 11.6. The van der Waals surface area contributed by atoms with Gasteiger partial charge < -0.3 is 20.0 Å². The van der Waals surface area contributed by atoms with Gasteiger partial charge in [-0.25, -0.2) is 9.78 Å². The number of terminal acetylenes is 1. The Morgan fingerprint density at radius 3 is 2.72 bits per heavy atom. The molecule has 0 aliphatic carbocycles. The lowest BCUT2D eigenvalue weighted by molar-refractivity contribution is -0.0805. The van der Waals surface area contributed by atoms with Crippen LogP contribution in [0.3, 0.4) is 0 Å². The van der Waals surface area contributed by atoms with Crippen molar-refractivity contribution in [2.45, 2.75) is 56.7 Å². The van der Waals surface area contributed by atoms with Gasteiger partial charge in [0.05, 0.1) is 11.9 Å². The van der Waals surface area contributed by atoms with Crippen LogP contribution >= 0.6 is 0 Å². The number of aromatic nitrogens is 4. The van der Waals surface area contributed by atoms with Crippen molar-refractivity contribution < 1.29 is 23.5 Å². The zero-order valence-electron chi connectivity index (χ0n) is 20.7. The van der Waals surface area contributed by atoms with Gasteiger partial charge in [0.2, 0.25) is 0 Å². The van der Waals surface area contributed by atoms with Crippen LogP contribution < -0.4 is 5.73 Å². The molecule has 1 fully saturated rings. The van der Waals surface area contributed by atoms with Gasteiger partial charge in [-0.3, -0.25) is 4.57 Å². The maximum absolute atomic E-state index is 14.0. The minimum absolute atomic E-state index is 0.0834. The second-order valence-electron chi connectivity index (χ2n) is 10.3. The van der Waals surface area contributed by atoms with Gasteiger partial charge in [0.1, 0.15) is 12.8 Å². The number of fused-ring (bicyclic) bond motifs is 1. The molecule has 11 heteroatoms. The van der Waals surface area contributed by atoms with Crippen molar-refractivity contribution in [3.05, 3.63) is 48.3 Å². The highest BCUT2D eigenvalue weighted by Crippen LogP contribution is 2.51. The molecular weight excluding hydrogens is 481 g/mol. The number of hydrogen-bond donors (Lipinski definition) is 2. The Morgan fingerprint density at radius 1 is 1.39 bits per heavy atom. The van der Waals surface area contributed by atoms with Crippen LogP contribution in [0.4, 0.5) is 10.2 Å². The Hall–Kier alpha value is -3.33. The minimum atomic E-state index is -2.61. The number of rotatable bonds is 7. The van der Waals surface area contributed by atoms with Gasteiger partial charge >= 0.3 is 12.0 Å². The van der Waals surface area contributed by atoms with E-state index < -0.39 is 37.2 Å². The Labute approximate surface area is 210 Å². The molecule has 9 nitrogen and oxygen atoms in total. The average Bonchev–Trinajstić information content (AvgIpc) is 3.39. The van der Waals surface area contributed by atoms with Gasteiger partial charge in [0.25, 0.3) is 0 Å². The molecule has 3 N–H and O–H groups in total. The van der Waals surface area contributed by atoms with Crippen molar-refractivity contribution in [1.82, 2.24) is 19.5 Å². The number of benzene rings is 1. The number of nitrogens with zero attached hydrogens (tertiary/aromatic N) is 4. The fourth-order valence-electron chi connectivity index (χ4n) is 4.40. The molecule has 2 aromatic heterocycles. The summed E-state index contributed by atoms with van der Waals surface area (Å²) in [5, 5.41) is -0.433. The summed E-state index contributed by atoms with van der Waals surface area (Å²) in [5.74, 6) is 1.83. The SMILES string of the molecule is C#C[C@]1(COC(=O)c2ccccc2)O[C@@H](n2cnc3c(N)nc(F)nc32)C[C@@H]1CC(C)(C)[Si](C)(C)O. The standard InChI is InChI=1S/C25H30FN5O4Si/c1-6-25(14-34-22(32)16-10-8-7-9-11-16)17(13-24(2,3)36(4,5)33)12-18(35-25)31-15-28-19-20(27)29-23(26)30-21(19)31/h1,7-11,15,17-18,33H,12-14H2,2-5H3,(H2,27,29,30)/t17-,18-,25-/m1/s1. The molecule has 0 amide bonds. The third kappa shape index (κ3) is 4.71. The van der Waals surface area contributed by atoms with E-state index in [1.807, 2.05) is 26.9 Å². The summed E-state index contributed by atoms with van der Waals surface area (Å²) in [6.07, 6.45) is 6.75.